The molecule has 1 N–H and O–H groups in total. The molecule has 0 radical (unpaired) electrons. The van der Waals surface area contributed by atoms with Gasteiger partial charge in [0, 0.05) is 18.6 Å². The van der Waals surface area contributed by atoms with Gasteiger partial charge < -0.3 is 10.3 Å². The number of aromatic carboxylic acids is 1. The van der Waals surface area contributed by atoms with E-state index >= 15 is 0 Å². The number of carboxylic acid groups (broad SMARTS) is 1. The fraction of sp³-hybridized carbons (Fsp3) is 0.143. The highest BCUT2D eigenvalue weighted by Crippen LogP contribution is 2.27. The molecule has 2 rings (SSSR count). The molecule has 0 unspecified atom stereocenters. The summed E-state index contributed by atoms with van der Waals surface area (Å²) in [5.41, 5.74) is 3.02. The number of carbonyl (C=O) groups is 1. The summed E-state index contributed by atoms with van der Waals surface area (Å²) >= 11 is 0. The first-order valence-electron chi connectivity index (χ1n) is 5.54. The maximum absolute atomic E-state index is 11.4. The van der Waals surface area contributed by atoms with E-state index in [4.69, 9.17) is 0 Å². The normalized spacial score (nSPS) is 10.3. The highest BCUT2D eigenvalue weighted by molar-refractivity contribution is 5.96. The summed E-state index contributed by atoms with van der Waals surface area (Å²) in [5, 5.41) is 20.6. The van der Waals surface area contributed by atoms with Crippen LogP contribution in [-0.4, -0.2) is 11.1 Å². The topological polar surface area (TPSA) is 64.2 Å². The number of pyridine rings is 1. The summed E-state index contributed by atoms with van der Waals surface area (Å²) in [6.07, 6.45) is 1.40. The summed E-state index contributed by atoms with van der Waals surface area (Å²) in [5.74, 6) is -0.971. The molecule has 0 saturated heterocycles. The molecule has 0 spiro atoms. The van der Waals surface area contributed by atoms with Crippen molar-refractivity contribution in [2.75, 3.05) is 0 Å². The van der Waals surface area contributed by atoms with E-state index in [0.717, 1.165) is 15.9 Å². The van der Waals surface area contributed by atoms with Gasteiger partial charge in [0.05, 0.1) is 5.56 Å². The van der Waals surface area contributed by atoms with E-state index in [2.05, 4.69) is 0 Å². The lowest BCUT2D eigenvalue weighted by molar-refractivity contribution is -0.612. The van der Waals surface area contributed by atoms with Crippen LogP contribution < -0.4 is 4.73 Å². The maximum Gasteiger partial charge on any atom is 0.336 e. The molecule has 0 saturated carbocycles. The van der Waals surface area contributed by atoms with Gasteiger partial charge in [-0.15, -0.1) is 0 Å². The predicted octanol–water partition coefficient (Wildman–Crippen LogP) is 2.30. The first-order valence-corrected chi connectivity index (χ1v) is 5.54. The second-order valence-electron chi connectivity index (χ2n) is 4.12. The van der Waals surface area contributed by atoms with Gasteiger partial charge >= 0.3 is 5.97 Å². The molecule has 1 heterocycles. The van der Waals surface area contributed by atoms with E-state index in [1.54, 1.807) is 37.3 Å². The molecular formula is C14H13NO3. The van der Waals surface area contributed by atoms with Gasteiger partial charge in [-0.05, 0) is 24.1 Å². The molecule has 0 aliphatic heterocycles. The van der Waals surface area contributed by atoms with Crippen LogP contribution in [-0.2, 0) is 0 Å². The smallest absolute Gasteiger partial charge is 0.336 e. The van der Waals surface area contributed by atoms with Crippen LogP contribution in [0.1, 0.15) is 21.6 Å². The van der Waals surface area contributed by atoms with E-state index < -0.39 is 5.97 Å². The number of benzene rings is 1. The zero-order valence-electron chi connectivity index (χ0n) is 10.2. The van der Waals surface area contributed by atoms with Crippen LogP contribution in [0.5, 0.6) is 0 Å². The maximum atomic E-state index is 11.4. The average molecular weight is 243 g/mol. The third-order valence-electron chi connectivity index (χ3n) is 3.10. The van der Waals surface area contributed by atoms with Crippen molar-refractivity contribution in [1.82, 2.24) is 0 Å². The molecule has 18 heavy (non-hydrogen) atoms. The fourth-order valence-corrected chi connectivity index (χ4v) is 1.94. The van der Waals surface area contributed by atoms with Crippen molar-refractivity contribution in [2.45, 2.75) is 13.8 Å². The van der Waals surface area contributed by atoms with Crippen molar-refractivity contribution in [3.8, 4) is 11.1 Å². The van der Waals surface area contributed by atoms with Gasteiger partial charge in [0.15, 0.2) is 11.9 Å². The molecule has 4 nitrogen and oxygen atoms in total. The largest absolute Gasteiger partial charge is 0.619 e. The Bertz CT molecular complexity index is 620. The van der Waals surface area contributed by atoms with Crippen LogP contribution >= 0.6 is 0 Å². The molecule has 0 bridgehead atoms. The van der Waals surface area contributed by atoms with Crippen molar-refractivity contribution in [3.63, 3.8) is 0 Å². The van der Waals surface area contributed by atoms with E-state index in [-0.39, 0.29) is 5.56 Å². The van der Waals surface area contributed by atoms with Crippen molar-refractivity contribution >= 4 is 5.97 Å². The van der Waals surface area contributed by atoms with Crippen LogP contribution in [0.2, 0.25) is 0 Å². The first-order chi connectivity index (χ1) is 8.52. The molecule has 0 fully saturated rings. The third kappa shape index (κ3) is 1.93. The van der Waals surface area contributed by atoms with Crippen LogP contribution in [0.3, 0.4) is 0 Å². The Morgan fingerprint density at radius 1 is 1.17 bits per heavy atom. The Labute approximate surface area is 105 Å². The summed E-state index contributed by atoms with van der Waals surface area (Å²) in [6, 6.07) is 8.43. The van der Waals surface area contributed by atoms with E-state index in [0.29, 0.717) is 11.3 Å². The summed E-state index contributed by atoms with van der Waals surface area (Å²) in [4.78, 5) is 11.2. The van der Waals surface area contributed by atoms with Gasteiger partial charge in [-0.2, -0.15) is 4.73 Å². The number of hydrogen-bond acceptors (Lipinski definition) is 2. The third-order valence-corrected chi connectivity index (χ3v) is 3.10. The molecule has 4 heteroatoms. The highest BCUT2D eigenvalue weighted by Gasteiger charge is 2.16. The number of rotatable bonds is 2. The van der Waals surface area contributed by atoms with E-state index in [1.165, 1.54) is 6.20 Å². The molecular weight excluding hydrogens is 230 g/mol. The molecule has 0 aliphatic carbocycles. The van der Waals surface area contributed by atoms with Gasteiger partial charge in [0.1, 0.15) is 0 Å². The number of aromatic nitrogens is 1. The number of hydrogen-bond donors (Lipinski definition) is 1. The summed E-state index contributed by atoms with van der Waals surface area (Å²) < 4.78 is 0.780. The average Bonchev–Trinajstić information content (AvgIpc) is 2.36. The lowest BCUT2D eigenvalue weighted by atomic mass is 9.96. The van der Waals surface area contributed by atoms with Crippen molar-refractivity contribution < 1.29 is 14.6 Å². The standard InChI is InChI=1S/C14H13NO3/c1-9-10(2)15(18)8-7-11(9)12-5-3-4-6-13(12)14(16)17/h3-8H,1-2H3,(H,16,17). The number of carboxylic acids is 1. The number of nitrogens with zero attached hydrogens (tertiary/aromatic N) is 1. The van der Waals surface area contributed by atoms with Crippen LogP contribution in [0.4, 0.5) is 0 Å². The zero-order valence-corrected chi connectivity index (χ0v) is 10.2. The summed E-state index contributed by atoms with van der Waals surface area (Å²) in [7, 11) is 0. The summed E-state index contributed by atoms with van der Waals surface area (Å²) in [6.45, 7) is 3.53. The Hall–Kier alpha value is -2.36. The Morgan fingerprint density at radius 2 is 1.83 bits per heavy atom. The molecule has 1 aromatic heterocycles. The molecule has 2 aromatic rings. The zero-order chi connectivity index (χ0) is 13.3. The van der Waals surface area contributed by atoms with Gasteiger partial charge in [-0.25, -0.2) is 4.79 Å². The quantitative estimate of drug-likeness (QED) is 0.650. The Kier molecular flexibility index (Phi) is 3.02. The second-order valence-corrected chi connectivity index (χ2v) is 4.12. The predicted molar refractivity (Wildman–Crippen MR) is 67.3 cm³/mol. The monoisotopic (exact) mass is 243 g/mol. The minimum Gasteiger partial charge on any atom is -0.619 e. The molecule has 0 atom stereocenters. The molecule has 0 amide bonds. The van der Waals surface area contributed by atoms with Gasteiger partial charge in [-0.1, -0.05) is 18.2 Å². The van der Waals surface area contributed by atoms with Crippen molar-refractivity contribution in [2.24, 2.45) is 0 Å². The molecule has 1 aromatic carbocycles. The van der Waals surface area contributed by atoms with Gasteiger partial charge in [0.25, 0.3) is 0 Å². The SMILES string of the molecule is Cc1c(-c2ccccc2C(=O)O)cc[n+]([O-])c1C. The minimum absolute atomic E-state index is 0.239. The van der Waals surface area contributed by atoms with Crippen molar-refractivity contribution in [3.05, 3.63) is 58.6 Å². The second kappa shape index (κ2) is 4.49. The minimum atomic E-state index is -0.971. The lowest BCUT2D eigenvalue weighted by Crippen LogP contribution is -2.30. The Balaban J connectivity index is 2.70. The highest BCUT2D eigenvalue weighted by atomic mass is 16.5. The van der Waals surface area contributed by atoms with E-state index in [9.17, 15) is 15.1 Å². The van der Waals surface area contributed by atoms with Crippen LogP contribution in [0.25, 0.3) is 11.1 Å². The van der Waals surface area contributed by atoms with Crippen LogP contribution in [0, 0.1) is 19.1 Å². The molecule has 92 valence electrons. The first kappa shape index (κ1) is 12.1. The van der Waals surface area contributed by atoms with Gasteiger partial charge in [-0.3, -0.25) is 0 Å². The lowest BCUT2D eigenvalue weighted by Gasteiger charge is -2.11. The Morgan fingerprint density at radius 3 is 2.50 bits per heavy atom. The van der Waals surface area contributed by atoms with Crippen molar-refractivity contribution in [1.29, 1.82) is 0 Å². The molecule has 0 aliphatic rings. The van der Waals surface area contributed by atoms with Crippen LogP contribution in [0.15, 0.2) is 36.5 Å². The fourth-order valence-electron chi connectivity index (χ4n) is 1.94. The van der Waals surface area contributed by atoms with Gasteiger partial charge in [0.2, 0.25) is 0 Å². The van der Waals surface area contributed by atoms with E-state index in [1.807, 2.05) is 6.92 Å².